The smallest absolute Gasteiger partial charge is 0.0634 e. The molecule has 2 fully saturated rings. The molecule has 104 valence electrons. The Morgan fingerprint density at radius 1 is 1.21 bits per heavy atom. The van der Waals surface area contributed by atoms with Crippen LogP contribution in [0.4, 0.5) is 0 Å². The van der Waals surface area contributed by atoms with Crippen molar-refractivity contribution in [3.05, 3.63) is 35.9 Å². The van der Waals surface area contributed by atoms with Crippen LogP contribution in [0.3, 0.4) is 0 Å². The number of piperazine rings is 1. The summed E-state index contributed by atoms with van der Waals surface area (Å²) in [5.41, 5.74) is 1.31. The van der Waals surface area contributed by atoms with E-state index in [9.17, 15) is 5.11 Å². The fourth-order valence-corrected chi connectivity index (χ4v) is 3.09. The minimum atomic E-state index is 0.233. The van der Waals surface area contributed by atoms with Crippen LogP contribution in [-0.2, 0) is 11.3 Å². The second-order valence-electron chi connectivity index (χ2n) is 5.48. The van der Waals surface area contributed by atoms with Crippen LogP contribution in [0.15, 0.2) is 30.3 Å². The lowest BCUT2D eigenvalue weighted by Crippen LogP contribution is -2.62. The van der Waals surface area contributed by atoms with Crippen molar-refractivity contribution in [1.82, 2.24) is 9.80 Å². The van der Waals surface area contributed by atoms with Crippen LogP contribution in [0, 0.1) is 0 Å². The number of ether oxygens (including phenoxy) is 1. The highest BCUT2D eigenvalue weighted by atomic mass is 16.5. The molecule has 4 heteroatoms. The molecule has 2 saturated heterocycles. The van der Waals surface area contributed by atoms with Gasteiger partial charge in [-0.25, -0.2) is 0 Å². The molecule has 2 aliphatic rings. The number of fused-ring (bicyclic) bond motifs is 1. The molecule has 1 N–H and O–H groups in total. The molecule has 2 atom stereocenters. The molecule has 0 unspecified atom stereocenters. The monoisotopic (exact) mass is 262 g/mol. The Morgan fingerprint density at radius 2 is 2.05 bits per heavy atom. The van der Waals surface area contributed by atoms with Crippen LogP contribution >= 0.6 is 0 Å². The van der Waals surface area contributed by atoms with Gasteiger partial charge in [0.2, 0.25) is 0 Å². The highest BCUT2D eigenvalue weighted by Crippen LogP contribution is 2.20. The highest BCUT2D eigenvalue weighted by Gasteiger charge is 2.34. The van der Waals surface area contributed by atoms with Crippen molar-refractivity contribution in [2.45, 2.75) is 18.6 Å². The molecule has 0 spiro atoms. The van der Waals surface area contributed by atoms with E-state index < -0.39 is 0 Å². The van der Waals surface area contributed by atoms with Crippen molar-refractivity contribution < 1.29 is 9.84 Å². The summed E-state index contributed by atoms with van der Waals surface area (Å²) in [6.07, 6.45) is 0. The second kappa shape index (κ2) is 6.01. The first-order valence-electron chi connectivity index (χ1n) is 7.07. The third-order valence-electron chi connectivity index (χ3n) is 4.20. The average Bonchev–Trinajstić information content (AvgIpc) is 2.47. The van der Waals surface area contributed by atoms with Crippen LogP contribution in [0.5, 0.6) is 0 Å². The average molecular weight is 262 g/mol. The van der Waals surface area contributed by atoms with Crippen LogP contribution in [0.1, 0.15) is 5.56 Å². The summed E-state index contributed by atoms with van der Waals surface area (Å²) in [6, 6.07) is 11.2. The first-order chi connectivity index (χ1) is 9.36. The lowest BCUT2D eigenvalue weighted by Gasteiger charge is -2.47. The molecule has 1 aromatic carbocycles. The van der Waals surface area contributed by atoms with E-state index in [0.717, 1.165) is 39.4 Å². The number of nitrogens with zero attached hydrogens (tertiary/aromatic N) is 2. The number of aliphatic hydroxyl groups excluding tert-OH is 1. The van der Waals surface area contributed by atoms with Crippen LogP contribution in [0.25, 0.3) is 0 Å². The molecule has 19 heavy (non-hydrogen) atoms. The Morgan fingerprint density at radius 3 is 2.84 bits per heavy atom. The zero-order valence-electron chi connectivity index (χ0n) is 11.2. The topological polar surface area (TPSA) is 35.9 Å². The maximum absolute atomic E-state index is 9.63. The molecular formula is C15H22N2O2. The first-order valence-corrected chi connectivity index (χ1v) is 7.07. The zero-order chi connectivity index (χ0) is 13.1. The van der Waals surface area contributed by atoms with Gasteiger partial charge in [-0.05, 0) is 5.56 Å². The van der Waals surface area contributed by atoms with Gasteiger partial charge in [0.25, 0.3) is 0 Å². The van der Waals surface area contributed by atoms with Gasteiger partial charge in [0, 0.05) is 38.3 Å². The Balaban J connectivity index is 1.68. The summed E-state index contributed by atoms with van der Waals surface area (Å²) in [5.74, 6) is 0. The fourth-order valence-electron chi connectivity index (χ4n) is 3.09. The van der Waals surface area contributed by atoms with Gasteiger partial charge in [-0.3, -0.25) is 9.80 Å². The highest BCUT2D eigenvalue weighted by molar-refractivity contribution is 5.15. The van der Waals surface area contributed by atoms with Gasteiger partial charge in [-0.1, -0.05) is 30.3 Å². The molecule has 0 aliphatic carbocycles. The Kier molecular flexibility index (Phi) is 4.13. The predicted molar refractivity (Wildman–Crippen MR) is 73.9 cm³/mol. The Labute approximate surface area is 114 Å². The maximum Gasteiger partial charge on any atom is 0.0634 e. The van der Waals surface area contributed by atoms with Gasteiger partial charge >= 0.3 is 0 Å². The van der Waals surface area contributed by atoms with Gasteiger partial charge in [0.1, 0.15) is 0 Å². The van der Waals surface area contributed by atoms with Crippen LogP contribution in [-0.4, -0.2) is 66.4 Å². The van der Waals surface area contributed by atoms with E-state index in [4.69, 9.17) is 4.74 Å². The van der Waals surface area contributed by atoms with Gasteiger partial charge in [0.15, 0.2) is 0 Å². The SMILES string of the molecule is OC[C@H]1CN2CCOC[C@H]2CN1Cc1ccccc1. The first kappa shape index (κ1) is 13.1. The molecule has 0 aromatic heterocycles. The van der Waals surface area contributed by atoms with Crippen molar-refractivity contribution in [2.75, 3.05) is 39.5 Å². The summed E-state index contributed by atoms with van der Waals surface area (Å²) in [7, 11) is 0. The lowest BCUT2D eigenvalue weighted by molar-refractivity contribution is -0.0742. The number of hydrogen-bond acceptors (Lipinski definition) is 4. The van der Waals surface area contributed by atoms with Crippen molar-refractivity contribution in [1.29, 1.82) is 0 Å². The molecule has 0 amide bonds. The quantitative estimate of drug-likeness (QED) is 0.863. The molecule has 0 bridgehead atoms. The van der Waals surface area contributed by atoms with E-state index in [0.29, 0.717) is 6.04 Å². The Hall–Kier alpha value is -0.940. The van der Waals surface area contributed by atoms with E-state index in [1.54, 1.807) is 0 Å². The number of morpholine rings is 1. The summed E-state index contributed by atoms with van der Waals surface area (Å²) in [4.78, 5) is 4.86. The molecule has 4 nitrogen and oxygen atoms in total. The summed E-state index contributed by atoms with van der Waals surface area (Å²) < 4.78 is 5.58. The molecule has 1 aromatic rings. The number of aliphatic hydroxyl groups is 1. The van der Waals surface area contributed by atoms with Crippen molar-refractivity contribution in [3.63, 3.8) is 0 Å². The van der Waals surface area contributed by atoms with Gasteiger partial charge < -0.3 is 9.84 Å². The third kappa shape index (κ3) is 2.98. The van der Waals surface area contributed by atoms with Crippen molar-refractivity contribution in [2.24, 2.45) is 0 Å². The molecular weight excluding hydrogens is 240 g/mol. The normalized spacial score (nSPS) is 29.1. The van der Waals surface area contributed by atoms with E-state index in [1.807, 2.05) is 6.07 Å². The van der Waals surface area contributed by atoms with Crippen LogP contribution in [0.2, 0.25) is 0 Å². The Bertz CT molecular complexity index is 398. The summed E-state index contributed by atoms with van der Waals surface area (Å²) in [6.45, 7) is 5.74. The second-order valence-corrected chi connectivity index (χ2v) is 5.48. The molecule has 0 saturated carbocycles. The summed E-state index contributed by atoms with van der Waals surface area (Å²) in [5, 5.41) is 9.63. The minimum absolute atomic E-state index is 0.233. The third-order valence-corrected chi connectivity index (χ3v) is 4.20. The number of hydrogen-bond donors (Lipinski definition) is 1. The maximum atomic E-state index is 9.63. The van der Waals surface area contributed by atoms with E-state index >= 15 is 0 Å². The van der Waals surface area contributed by atoms with Gasteiger partial charge in [-0.15, -0.1) is 0 Å². The van der Waals surface area contributed by atoms with Crippen molar-refractivity contribution in [3.8, 4) is 0 Å². The van der Waals surface area contributed by atoms with E-state index in [2.05, 4.69) is 34.1 Å². The van der Waals surface area contributed by atoms with Crippen LogP contribution < -0.4 is 0 Å². The number of benzene rings is 1. The molecule has 0 radical (unpaired) electrons. The summed E-state index contributed by atoms with van der Waals surface area (Å²) >= 11 is 0. The van der Waals surface area contributed by atoms with Gasteiger partial charge in [0.05, 0.1) is 19.8 Å². The minimum Gasteiger partial charge on any atom is -0.395 e. The lowest BCUT2D eigenvalue weighted by atomic mass is 10.0. The van der Waals surface area contributed by atoms with Gasteiger partial charge in [-0.2, -0.15) is 0 Å². The van der Waals surface area contributed by atoms with E-state index in [-0.39, 0.29) is 12.6 Å². The number of rotatable bonds is 3. The fraction of sp³-hybridized carbons (Fsp3) is 0.600. The molecule has 2 aliphatic heterocycles. The standard InChI is InChI=1S/C15H22N2O2/c18-11-14-9-16-6-7-19-12-15(16)10-17(14)8-13-4-2-1-3-5-13/h1-5,14-15,18H,6-12H2/t14-,15-/m1/s1. The predicted octanol–water partition coefficient (Wildman–Crippen LogP) is 0.564. The van der Waals surface area contributed by atoms with Crippen molar-refractivity contribution >= 4 is 0 Å². The van der Waals surface area contributed by atoms with E-state index in [1.165, 1.54) is 5.56 Å². The largest absolute Gasteiger partial charge is 0.395 e. The molecule has 2 heterocycles. The molecule has 3 rings (SSSR count). The zero-order valence-corrected chi connectivity index (χ0v) is 11.2.